The van der Waals surface area contributed by atoms with Crippen LogP contribution in [0.3, 0.4) is 0 Å². The smallest absolute Gasteiger partial charge is 0.449 e. The van der Waals surface area contributed by atoms with Crippen LogP contribution in [-0.4, -0.2) is 31.7 Å². The van der Waals surface area contributed by atoms with Gasteiger partial charge in [-0.2, -0.15) is 13.2 Å². The zero-order valence-corrected chi connectivity index (χ0v) is 14.6. The number of benzene rings is 1. The van der Waals surface area contributed by atoms with E-state index in [1.807, 2.05) is 0 Å². The molecule has 1 amide bonds. The predicted molar refractivity (Wildman–Crippen MR) is 86.6 cm³/mol. The average Bonchev–Trinajstić information content (AvgIpc) is 3.04. The van der Waals surface area contributed by atoms with E-state index in [1.54, 1.807) is 0 Å². The summed E-state index contributed by atoms with van der Waals surface area (Å²) in [7, 11) is -3.32. The van der Waals surface area contributed by atoms with Gasteiger partial charge in [0.15, 0.2) is 9.84 Å². The second kappa shape index (κ2) is 8.22. The van der Waals surface area contributed by atoms with E-state index in [0.717, 1.165) is 12.3 Å². The molecule has 0 atom stereocenters. The normalized spacial score (nSPS) is 11.4. The number of alkyl halides is 3. The molecule has 8 nitrogen and oxygen atoms in total. The number of primary amides is 1. The molecule has 0 aliphatic heterocycles. The second-order valence-electron chi connectivity index (χ2n) is 5.13. The highest BCUT2D eigenvalue weighted by atomic mass is 32.2. The van der Waals surface area contributed by atoms with E-state index >= 15 is 0 Å². The molecule has 148 valence electrons. The van der Waals surface area contributed by atoms with Gasteiger partial charge in [-0.25, -0.2) is 13.2 Å². The minimum absolute atomic E-state index is 0.0452. The first-order chi connectivity index (χ1) is 12.3. The number of carbonyl (C=O) groups excluding carboxylic acids is 1. The van der Waals surface area contributed by atoms with Gasteiger partial charge in [0.05, 0.1) is 4.90 Å². The summed E-state index contributed by atoms with van der Waals surface area (Å²) in [4.78, 5) is 21.1. The highest BCUT2D eigenvalue weighted by molar-refractivity contribution is 7.90. The Balaban J connectivity index is 0.000000277. The van der Waals surface area contributed by atoms with Crippen molar-refractivity contribution in [3.63, 3.8) is 0 Å². The van der Waals surface area contributed by atoms with Gasteiger partial charge in [-0.1, -0.05) is 0 Å². The van der Waals surface area contributed by atoms with Gasteiger partial charge in [0.25, 0.3) is 0 Å². The molecule has 1 aromatic heterocycles. The van der Waals surface area contributed by atoms with Gasteiger partial charge in [0.2, 0.25) is 17.4 Å². The van der Waals surface area contributed by atoms with Crippen molar-refractivity contribution < 1.29 is 40.7 Å². The molecule has 0 aliphatic rings. The molecule has 0 fully saturated rings. The van der Waals surface area contributed by atoms with Crippen molar-refractivity contribution in [3.05, 3.63) is 53.0 Å². The lowest BCUT2D eigenvalue weighted by atomic mass is 10.1. The summed E-state index contributed by atoms with van der Waals surface area (Å²) in [5, 5.41) is 8.20. The number of carboxylic acids is 1. The monoisotopic (exact) mass is 408 g/mol. The third-order valence-corrected chi connectivity index (χ3v) is 4.26. The van der Waals surface area contributed by atoms with Gasteiger partial charge >= 0.3 is 12.1 Å². The SMILES string of the molecule is CS(=O)(=O)c1ccc(C(N)=O)cc1CN.O=C(O)c1ccc(C(F)(F)F)o1. The molecule has 27 heavy (non-hydrogen) atoms. The van der Waals surface area contributed by atoms with Gasteiger partial charge in [-0.3, -0.25) is 4.79 Å². The summed E-state index contributed by atoms with van der Waals surface area (Å²) in [6.07, 6.45) is -3.54. The Morgan fingerprint density at radius 1 is 1.19 bits per heavy atom. The third kappa shape index (κ3) is 6.11. The van der Waals surface area contributed by atoms with Crippen LogP contribution in [0.2, 0.25) is 0 Å². The maximum Gasteiger partial charge on any atom is 0.449 e. The molecular formula is C15H15F3N2O6S. The van der Waals surface area contributed by atoms with Crippen LogP contribution in [0.15, 0.2) is 39.6 Å². The fourth-order valence-electron chi connectivity index (χ4n) is 1.86. The first-order valence-electron chi connectivity index (χ1n) is 7.00. The topological polar surface area (TPSA) is 154 Å². The van der Waals surface area contributed by atoms with Crippen LogP contribution in [0.1, 0.15) is 32.2 Å². The maximum absolute atomic E-state index is 11.8. The number of sulfone groups is 1. The molecular weight excluding hydrogens is 393 g/mol. The van der Waals surface area contributed by atoms with Crippen molar-refractivity contribution in [1.82, 2.24) is 0 Å². The number of amides is 1. The van der Waals surface area contributed by atoms with Crippen molar-refractivity contribution in [1.29, 1.82) is 0 Å². The molecule has 0 radical (unpaired) electrons. The number of aromatic carboxylic acids is 1. The van der Waals surface area contributed by atoms with Crippen molar-refractivity contribution in [2.45, 2.75) is 17.6 Å². The average molecular weight is 408 g/mol. The number of rotatable bonds is 4. The Morgan fingerprint density at radius 3 is 2.11 bits per heavy atom. The summed E-state index contributed by atoms with van der Waals surface area (Å²) < 4.78 is 62.0. The zero-order valence-electron chi connectivity index (χ0n) is 13.8. The van der Waals surface area contributed by atoms with E-state index in [-0.39, 0.29) is 17.0 Å². The Hall–Kier alpha value is -2.86. The van der Waals surface area contributed by atoms with E-state index in [0.29, 0.717) is 11.6 Å². The van der Waals surface area contributed by atoms with E-state index in [4.69, 9.17) is 16.6 Å². The molecule has 0 saturated heterocycles. The van der Waals surface area contributed by atoms with E-state index in [2.05, 4.69) is 4.42 Å². The summed E-state index contributed by atoms with van der Waals surface area (Å²) in [6, 6.07) is 5.45. The molecule has 0 unspecified atom stereocenters. The molecule has 1 heterocycles. The van der Waals surface area contributed by atoms with Crippen LogP contribution in [0, 0.1) is 0 Å². The Labute approximate surface area is 151 Å². The van der Waals surface area contributed by atoms with Gasteiger partial charge in [0, 0.05) is 18.4 Å². The predicted octanol–water partition coefficient (Wildman–Crippen LogP) is 1.64. The highest BCUT2D eigenvalue weighted by Crippen LogP contribution is 2.30. The van der Waals surface area contributed by atoms with Crippen LogP contribution in [0.5, 0.6) is 0 Å². The first kappa shape index (κ1) is 22.2. The molecule has 0 aliphatic carbocycles. The summed E-state index contributed by atoms with van der Waals surface area (Å²) in [5.41, 5.74) is 11.1. The van der Waals surface area contributed by atoms with Crippen molar-refractivity contribution in [2.75, 3.05) is 6.26 Å². The minimum Gasteiger partial charge on any atom is -0.475 e. The fraction of sp³-hybridized carbons (Fsp3) is 0.200. The Morgan fingerprint density at radius 2 is 1.78 bits per heavy atom. The molecule has 0 bridgehead atoms. The van der Waals surface area contributed by atoms with Crippen LogP contribution < -0.4 is 11.5 Å². The van der Waals surface area contributed by atoms with Gasteiger partial charge in [-0.15, -0.1) is 0 Å². The van der Waals surface area contributed by atoms with E-state index < -0.39 is 39.4 Å². The molecule has 12 heteroatoms. The number of furan rings is 1. The number of hydrogen-bond donors (Lipinski definition) is 3. The van der Waals surface area contributed by atoms with Crippen LogP contribution >= 0.6 is 0 Å². The summed E-state index contributed by atoms with van der Waals surface area (Å²) in [6.45, 7) is 0.0452. The lowest BCUT2D eigenvalue weighted by Crippen LogP contribution is -2.14. The number of halogens is 3. The number of carbonyl (C=O) groups is 2. The molecule has 0 saturated carbocycles. The van der Waals surface area contributed by atoms with Crippen LogP contribution in [-0.2, 0) is 22.6 Å². The quantitative estimate of drug-likeness (QED) is 0.695. The van der Waals surface area contributed by atoms with Gasteiger partial charge in [0.1, 0.15) is 0 Å². The van der Waals surface area contributed by atoms with E-state index in [9.17, 15) is 31.2 Å². The molecule has 2 rings (SSSR count). The summed E-state index contributed by atoms with van der Waals surface area (Å²) in [5.74, 6) is -4.16. The fourth-order valence-corrected chi connectivity index (χ4v) is 2.79. The number of hydrogen-bond acceptors (Lipinski definition) is 6. The third-order valence-electron chi connectivity index (χ3n) is 3.06. The van der Waals surface area contributed by atoms with Crippen LogP contribution in [0.4, 0.5) is 13.2 Å². The first-order valence-corrected chi connectivity index (χ1v) is 8.89. The summed E-state index contributed by atoms with van der Waals surface area (Å²) >= 11 is 0. The standard InChI is InChI=1S/C9H12N2O3S.C6H3F3O3/c1-15(13,14)8-3-2-6(9(11)12)4-7(8)5-10;7-6(8,9)4-2-1-3(12-4)5(10)11/h2-4H,5,10H2,1H3,(H2,11,12);1-2H,(H,10,11). The Bertz CT molecular complexity index is 951. The van der Waals surface area contributed by atoms with Crippen molar-refractivity contribution in [2.24, 2.45) is 11.5 Å². The zero-order chi connectivity index (χ0) is 21.0. The lowest BCUT2D eigenvalue weighted by molar-refractivity contribution is -0.153. The second-order valence-corrected chi connectivity index (χ2v) is 7.11. The maximum atomic E-state index is 11.8. The molecule has 2 aromatic rings. The lowest BCUT2D eigenvalue weighted by Gasteiger charge is -2.06. The molecule has 0 spiro atoms. The number of carboxylic acid groups (broad SMARTS) is 1. The minimum atomic E-state index is -4.63. The van der Waals surface area contributed by atoms with Crippen LogP contribution in [0.25, 0.3) is 0 Å². The van der Waals surface area contributed by atoms with Crippen molar-refractivity contribution in [3.8, 4) is 0 Å². The molecule has 5 N–H and O–H groups in total. The largest absolute Gasteiger partial charge is 0.475 e. The van der Waals surface area contributed by atoms with Gasteiger partial charge in [-0.05, 0) is 35.9 Å². The van der Waals surface area contributed by atoms with Crippen molar-refractivity contribution >= 4 is 21.7 Å². The van der Waals surface area contributed by atoms with Gasteiger partial charge < -0.3 is 21.0 Å². The van der Waals surface area contributed by atoms with E-state index in [1.165, 1.54) is 18.2 Å². The number of nitrogens with two attached hydrogens (primary N) is 2. The Kier molecular flexibility index (Phi) is 6.76. The molecule has 1 aromatic carbocycles. The highest BCUT2D eigenvalue weighted by Gasteiger charge is 2.35.